The molecule has 1 aliphatic rings. The van der Waals surface area contributed by atoms with Crippen LogP contribution in [-0.4, -0.2) is 45.7 Å². The Morgan fingerprint density at radius 1 is 1.37 bits per heavy atom. The van der Waals surface area contributed by atoms with Gasteiger partial charge in [0.25, 0.3) is 0 Å². The van der Waals surface area contributed by atoms with Gasteiger partial charge in [-0.15, -0.1) is 0 Å². The maximum Gasteiger partial charge on any atom is 0.326 e. The van der Waals surface area contributed by atoms with Gasteiger partial charge in [-0.05, 0) is 17.8 Å². The summed E-state index contributed by atoms with van der Waals surface area (Å²) in [4.78, 5) is 24.5. The molecule has 3 atom stereocenters. The minimum Gasteiger partial charge on any atom is -0.480 e. The molecule has 2 N–H and O–H groups in total. The summed E-state index contributed by atoms with van der Waals surface area (Å²) >= 11 is 0. The Labute approximate surface area is 114 Å². The van der Waals surface area contributed by atoms with Crippen LogP contribution in [0.1, 0.15) is 47.0 Å². The number of carboxylic acids is 1. The molecule has 0 aromatic carbocycles. The number of aliphatic hydroxyl groups is 1. The quantitative estimate of drug-likeness (QED) is 0.812. The molecule has 5 nitrogen and oxygen atoms in total. The van der Waals surface area contributed by atoms with Crippen molar-refractivity contribution < 1.29 is 19.8 Å². The van der Waals surface area contributed by atoms with Gasteiger partial charge in [0.15, 0.2) is 0 Å². The van der Waals surface area contributed by atoms with Crippen molar-refractivity contribution in [2.45, 2.75) is 59.1 Å². The number of aliphatic carboxylic acids is 1. The molecule has 0 bridgehead atoms. The van der Waals surface area contributed by atoms with Gasteiger partial charge < -0.3 is 15.1 Å². The van der Waals surface area contributed by atoms with E-state index in [0.29, 0.717) is 6.42 Å². The van der Waals surface area contributed by atoms with Crippen LogP contribution in [0.15, 0.2) is 0 Å². The summed E-state index contributed by atoms with van der Waals surface area (Å²) in [6, 6.07) is -0.871. The van der Waals surface area contributed by atoms with E-state index in [4.69, 9.17) is 5.11 Å². The molecule has 0 aromatic heterocycles. The zero-order valence-corrected chi connectivity index (χ0v) is 12.2. The van der Waals surface area contributed by atoms with Crippen LogP contribution in [-0.2, 0) is 9.59 Å². The molecule has 1 fully saturated rings. The third-order valence-corrected chi connectivity index (χ3v) is 3.37. The predicted octanol–water partition coefficient (Wildman–Crippen LogP) is 1.50. The molecule has 5 heteroatoms. The highest BCUT2D eigenvalue weighted by Crippen LogP contribution is 2.27. The predicted molar refractivity (Wildman–Crippen MR) is 71.6 cm³/mol. The SMILES string of the molecule is CC(CC(=O)N1CC(O)CC1C(=O)O)CC(C)(C)C. The molecular weight excluding hydrogens is 246 g/mol. The largest absolute Gasteiger partial charge is 0.480 e. The smallest absolute Gasteiger partial charge is 0.326 e. The zero-order valence-electron chi connectivity index (χ0n) is 12.2. The Balaban J connectivity index is 2.59. The van der Waals surface area contributed by atoms with Crippen molar-refractivity contribution in [1.82, 2.24) is 4.90 Å². The molecule has 1 saturated heterocycles. The maximum atomic E-state index is 12.2. The fourth-order valence-electron chi connectivity index (χ4n) is 2.86. The minimum atomic E-state index is -1.03. The molecule has 1 rings (SSSR count). The highest BCUT2D eigenvalue weighted by atomic mass is 16.4. The first-order valence-corrected chi connectivity index (χ1v) is 6.80. The molecule has 19 heavy (non-hydrogen) atoms. The third kappa shape index (κ3) is 4.82. The first-order chi connectivity index (χ1) is 8.60. The maximum absolute atomic E-state index is 12.2. The summed E-state index contributed by atoms with van der Waals surface area (Å²) < 4.78 is 0. The van der Waals surface area contributed by atoms with Crippen LogP contribution in [0.25, 0.3) is 0 Å². The first kappa shape index (κ1) is 16.0. The van der Waals surface area contributed by atoms with Crippen molar-refractivity contribution in [2.75, 3.05) is 6.54 Å². The molecule has 110 valence electrons. The van der Waals surface area contributed by atoms with Crippen molar-refractivity contribution >= 4 is 11.9 Å². The molecule has 0 saturated carbocycles. The fourth-order valence-corrected chi connectivity index (χ4v) is 2.86. The van der Waals surface area contributed by atoms with Crippen LogP contribution < -0.4 is 0 Å². The van der Waals surface area contributed by atoms with Crippen molar-refractivity contribution in [3.8, 4) is 0 Å². The minimum absolute atomic E-state index is 0.134. The van der Waals surface area contributed by atoms with E-state index in [9.17, 15) is 14.7 Å². The summed E-state index contributed by atoms with van der Waals surface area (Å²) in [5, 5.41) is 18.6. The Morgan fingerprint density at radius 3 is 2.42 bits per heavy atom. The number of rotatable bonds is 4. The average Bonchev–Trinajstić information content (AvgIpc) is 2.57. The molecule has 0 spiro atoms. The molecule has 3 unspecified atom stereocenters. The standard InChI is InChI=1S/C14H25NO4/c1-9(7-14(2,3)4)5-12(17)15-8-10(16)6-11(15)13(18)19/h9-11,16H,5-8H2,1-4H3,(H,18,19). The number of aliphatic hydroxyl groups excluding tert-OH is 1. The second-order valence-electron chi connectivity index (χ2n) is 6.86. The lowest BCUT2D eigenvalue weighted by Gasteiger charge is -2.26. The zero-order chi connectivity index (χ0) is 14.8. The topological polar surface area (TPSA) is 77.8 Å². The van der Waals surface area contributed by atoms with Gasteiger partial charge in [0, 0.05) is 19.4 Å². The van der Waals surface area contributed by atoms with E-state index in [-0.39, 0.29) is 30.2 Å². The molecule has 1 amide bonds. The van der Waals surface area contributed by atoms with E-state index in [0.717, 1.165) is 6.42 Å². The van der Waals surface area contributed by atoms with Crippen molar-refractivity contribution in [3.63, 3.8) is 0 Å². The Kier molecular flexibility index (Phi) is 4.96. The van der Waals surface area contributed by atoms with Gasteiger partial charge in [-0.3, -0.25) is 4.79 Å². The molecular formula is C14H25NO4. The van der Waals surface area contributed by atoms with Crippen molar-refractivity contribution in [3.05, 3.63) is 0 Å². The Bertz CT molecular complexity index is 348. The number of amides is 1. The number of likely N-dealkylation sites (tertiary alicyclic amines) is 1. The van der Waals surface area contributed by atoms with Gasteiger partial charge >= 0.3 is 5.97 Å². The van der Waals surface area contributed by atoms with Gasteiger partial charge in [0.2, 0.25) is 5.91 Å². The van der Waals surface area contributed by atoms with Crippen molar-refractivity contribution in [1.29, 1.82) is 0 Å². The van der Waals surface area contributed by atoms with E-state index >= 15 is 0 Å². The van der Waals surface area contributed by atoms with Crippen LogP contribution in [0, 0.1) is 11.3 Å². The van der Waals surface area contributed by atoms with Crippen LogP contribution >= 0.6 is 0 Å². The summed E-state index contributed by atoms with van der Waals surface area (Å²) in [5.41, 5.74) is 0.149. The normalized spacial score (nSPS) is 25.4. The van der Waals surface area contributed by atoms with Gasteiger partial charge in [-0.1, -0.05) is 27.7 Å². The van der Waals surface area contributed by atoms with E-state index in [1.54, 1.807) is 0 Å². The van der Waals surface area contributed by atoms with Crippen LogP contribution in [0.3, 0.4) is 0 Å². The molecule has 1 aliphatic heterocycles. The average molecular weight is 271 g/mol. The van der Waals surface area contributed by atoms with E-state index in [1.165, 1.54) is 4.90 Å². The van der Waals surface area contributed by atoms with Gasteiger partial charge in [-0.25, -0.2) is 4.79 Å². The lowest BCUT2D eigenvalue weighted by Crippen LogP contribution is -2.41. The molecule has 0 aromatic rings. The third-order valence-electron chi connectivity index (χ3n) is 3.37. The second kappa shape index (κ2) is 5.90. The van der Waals surface area contributed by atoms with Gasteiger partial charge in [-0.2, -0.15) is 0 Å². The van der Waals surface area contributed by atoms with Crippen LogP contribution in [0.5, 0.6) is 0 Å². The summed E-state index contributed by atoms with van der Waals surface area (Å²) in [7, 11) is 0. The van der Waals surface area contributed by atoms with Gasteiger partial charge in [0.1, 0.15) is 6.04 Å². The lowest BCUT2D eigenvalue weighted by molar-refractivity contribution is -0.148. The Morgan fingerprint density at radius 2 is 1.95 bits per heavy atom. The second-order valence-corrected chi connectivity index (χ2v) is 6.86. The van der Waals surface area contributed by atoms with Crippen LogP contribution in [0.2, 0.25) is 0 Å². The highest BCUT2D eigenvalue weighted by Gasteiger charge is 2.39. The van der Waals surface area contributed by atoms with E-state index < -0.39 is 18.1 Å². The molecule has 0 aliphatic carbocycles. The number of hydrogen-bond acceptors (Lipinski definition) is 3. The number of nitrogens with zero attached hydrogens (tertiary/aromatic N) is 1. The summed E-state index contributed by atoms with van der Waals surface area (Å²) in [6.07, 6.45) is 0.665. The van der Waals surface area contributed by atoms with E-state index in [2.05, 4.69) is 20.8 Å². The lowest BCUT2D eigenvalue weighted by atomic mass is 9.84. The molecule has 1 heterocycles. The number of carbonyl (C=O) groups is 2. The summed E-state index contributed by atoms with van der Waals surface area (Å²) in [6.45, 7) is 8.50. The van der Waals surface area contributed by atoms with Gasteiger partial charge in [0.05, 0.1) is 6.10 Å². The highest BCUT2D eigenvalue weighted by molar-refractivity contribution is 5.84. The molecule has 0 radical (unpaired) electrons. The van der Waals surface area contributed by atoms with E-state index in [1.807, 2.05) is 6.92 Å². The monoisotopic (exact) mass is 271 g/mol. The summed E-state index contributed by atoms with van der Waals surface area (Å²) in [5.74, 6) is -0.992. The number of β-amino-alcohol motifs (C(OH)–C–C–N with tert-alkyl or cyclic N) is 1. The Hall–Kier alpha value is -1.10. The van der Waals surface area contributed by atoms with Crippen LogP contribution in [0.4, 0.5) is 0 Å². The fraction of sp³-hybridized carbons (Fsp3) is 0.857. The number of hydrogen-bond donors (Lipinski definition) is 2. The number of carbonyl (C=O) groups excluding carboxylic acids is 1. The first-order valence-electron chi connectivity index (χ1n) is 6.80. The number of carboxylic acid groups (broad SMARTS) is 1. The van der Waals surface area contributed by atoms with Crippen molar-refractivity contribution in [2.24, 2.45) is 11.3 Å².